The largest absolute Gasteiger partial charge is 0.466 e. The lowest BCUT2D eigenvalue weighted by molar-refractivity contribution is -0.136. The molecule has 1 aromatic carbocycles. The molecule has 0 fully saturated rings. The van der Waals surface area contributed by atoms with Gasteiger partial charge in [-0.2, -0.15) is 5.26 Å². The molecule has 0 bridgehead atoms. The highest BCUT2D eigenvalue weighted by Gasteiger charge is 2.37. The van der Waals surface area contributed by atoms with E-state index < -0.39 is 11.9 Å². The Bertz CT molecular complexity index is 1080. The first-order valence-corrected chi connectivity index (χ1v) is 8.60. The molecule has 2 heterocycles. The van der Waals surface area contributed by atoms with Gasteiger partial charge in [-0.3, -0.25) is 0 Å². The van der Waals surface area contributed by atoms with Crippen molar-refractivity contribution in [2.45, 2.75) is 26.7 Å². The quantitative estimate of drug-likeness (QED) is 0.626. The van der Waals surface area contributed by atoms with Crippen LogP contribution in [0.5, 0.6) is 0 Å². The molecule has 6 nitrogen and oxygen atoms in total. The van der Waals surface area contributed by atoms with E-state index in [4.69, 9.17) is 26.8 Å². The summed E-state index contributed by atoms with van der Waals surface area (Å²) in [5, 5.41) is 10.7. The van der Waals surface area contributed by atoms with Crippen LogP contribution in [0.15, 0.2) is 41.0 Å². The standard InChI is InChI=1S/C20H18ClN3O3/c1-9-5-10(2)12-7-13(18(21)24-15(12)6-9)17-14(8-22)19(23)27-11(3)16(17)20(25)26-4/h5-7,17H,23H2,1-4H3/t17-/m0/s1. The van der Waals surface area contributed by atoms with Crippen molar-refractivity contribution in [3.8, 4) is 6.07 Å². The molecule has 0 saturated heterocycles. The molecule has 0 amide bonds. The average Bonchev–Trinajstić information content (AvgIpc) is 2.60. The van der Waals surface area contributed by atoms with Crippen LogP contribution in [0.25, 0.3) is 10.9 Å². The maximum Gasteiger partial charge on any atom is 0.338 e. The number of benzene rings is 1. The number of allylic oxidation sites excluding steroid dienone is 2. The van der Waals surface area contributed by atoms with Crippen LogP contribution < -0.4 is 5.73 Å². The first-order valence-electron chi connectivity index (χ1n) is 8.22. The number of methoxy groups -OCH3 is 1. The van der Waals surface area contributed by atoms with E-state index in [1.165, 1.54) is 7.11 Å². The molecule has 0 radical (unpaired) electrons. The molecule has 0 aliphatic carbocycles. The van der Waals surface area contributed by atoms with Gasteiger partial charge in [0.2, 0.25) is 5.88 Å². The molecule has 27 heavy (non-hydrogen) atoms. The zero-order valence-electron chi connectivity index (χ0n) is 15.4. The summed E-state index contributed by atoms with van der Waals surface area (Å²) in [6.45, 7) is 5.54. The fraction of sp³-hybridized carbons (Fsp3) is 0.250. The van der Waals surface area contributed by atoms with E-state index in [2.05, 4.69) is 4.98 Å². The third-order valence-corrected chi connectivity index (χ3v) is 4.89. The number of nitrogens with zero attached hydrogens (tertiary/aromatic N) is 2. The summed E-state index contributed by atoms with van der Waals surface area (Å²) in [5.74, 6) is -1.24. The van der Waals surface area contributed by atoms with Crippen LogP contribution in [-0.4, -0.2) is 18.1 Å². The zero-order valence-corrected chi connectivity index (χ0v) is 16.1. The predicted octanol–water partition coefficient (Wildman–Crippen LogP) is 3.76. The van der Waals surface area contributed by atoms with Crippen LogP contribution in [0.3, 0.4) is 0 Å². The van der Waals surface area contributed by atoms with Crippen molar-refractivity contribution in [1.82, 2.24) is 4.98 Å². The van der Waals surface area contributed by atoms with Crippen molar-refractivity contribution in [2.75, 3.05) is 7.11 Å². The third-order valence-electron chi connectivity index (χ3n) is 4.59. The van der Waals surface area contributed by atoms with Gasteiger partial charge in [0.1, 0.15) is 22.6 Å². The van der Waals surface area contributed by atoms with Gasteiger partial charge in [-0.1, -0.05) is 17.7 Å². The van der Waals surface area contributed by atoms with E-state index in [1.807, 2.05) is 38.1 Å². The monoisotopic (exact) mass is 383 g/mol. The first-order chi connectivity index (χ1) is 12.8. The van der Waals surface area contributed by atoms with Gasteiger partial charge in [0, 0.05) is 10.9 Å². The van der Waals surface area contributed by atoms with E-state index in [0.29, 0.717) is 5.56 Å². The van der Waals surface area contributed by atoms with Gasteiger partial charge in [-0.15, -0.1) is 0 Å². The minimum atomic E-state index is -0.818. The minimum absolute atomic E-state index is 0.0653. The molecule has 1 atom stereocenters. The number of pyridine rings is 1. The Morgan fingerprint density at radius 2 is 2.04 bits per heavy atom. The number of esters is 1. The SMILES string of the molecule is COC(=O)C1=C(C)OC(N)=C(C#N)[C@@H]1c1cc2c(C)cc(C)cc2nc1Cl. The molecule has 3 rings (SSSR count). The second-order valence-corrected chi connectivity index (χ2v) is 6.76. The van der Waals surface area contributed by atoms with E-state index in [9.17, 15) is 10.1 Å². The highest BCUT2D eigenvalue weighted by atomic mass is 35.5. The van der Waals surface area contributed by atoms with Crippen molar-refractivity contribution in [2.24, 2.45) is 5.73 Å². The van der Waals surface area contributed by atoms with Crippen molar-refractivity contribution < 1.29 is 14.3 Å². The number of carbonyl (C=O) groups is 1. The summed E-state index contributed by atoms with van der Waals surface area (Å²) in [6.07, 6.45) is 0. The summed E-state index contributed by atoms with van der Waals surface area (Å²) in [4.78, 5) is 16.9. The number of ether oxygens (including phenoxy) is 2. The summed E-state index contributed by atoms with van der Waals surface area (Å²) in [7, 11) is 1.26. The molecule has 0 saturated carbocycles. The Labute approximate surface area is 161 Å². The number of hydrogen-bond donors (Lipinski definition) is 1. The fourth-order valence-corrected chi connectivity index (χ4v) is 3.65. The number of halogens is 1. The fourth-order valence-electron chi connectivity index (χ4n) is 3.39. The second kappa shape index (κ2) is 6.93. The Morgan fingerprint density at radius 3 is 2.67 bits per heavy atom. The van der Waals surface area contributed by atoms with Gasteiger partial charge in [0.15, 0.2) is 0 Å². The van der Waals surface area contributed by atoms with E-state index in [1.54, 1.807) is 6.92 Å². The van der Waals surface area contributed by atoms with Gasteiger partial charge in [0.05, 0.1) is 24.1 Å². The zero-order chi connectivity index (χ0) is 19.9. The summed E-state index contributed by atoms with van der Waals surface area (Å²) < 4.78 is 10.3. The summed E-state index contributed by atoms with van der Waals surface area (Å²) >= 11 is 6.47. The van der Waals surface area contributed by atoms with Crippen LogP contribution in [0.2, 0.25) is 5.15 Å². The Morgan fingerprint density at radius 1 is 1.33 bits per heavy atom. The molecular formula is C20H18ClN3O3. The Balaban J connectivity index is 2.34. The highest BCUT2D eigenvalue weighted by molar-refractivity contribution is 6.31. The number of nitriles is 1. The van der Waals surface area contributed by atoms with Gasteiger partial charge in [-0.25, -0.2) is 9.78 Å². The number of rotatable bonds is 2. The van der Waals surface area contributed by atoms with Gasteiger partial charge < -0.3 is 15.2 Å². The van der Waals surface area contributed by atoms with Crippen LogP contribution >= 0.6 is 11.6 Å². The maximum atomic E-state index is 12.4. The topological polar surface area (TPSA) is 98.2 Å². The van der Waals surface area contributed by atoms with Crippen LogP contribution in [-0.2, 0) is 14.3 Å². The van der Waals surface area contributed by atoms with Crippen molar-refractivity contribution in [3.63, 3.8) is 0 Å². The lowest BCUT2D eigenvalue weighted by atomic mass is 9.83. The van der Waals surface area contributed by atoms with E-state index in [-0.39, 0.29) is 27.9 Å². The normalized spacial score (nSPS) is 17.0. The molecule has 1 aliphatic rings. The maximum absolute atomic E-state index is 12.4. The van der Waals surface area contributed by atoms with E-state index in [0.717, 1.165) is 22.0 Å². The Kier molecular flexibility index (Phi) is 4.81. The minimum Gasteiger partial charge on any atom is -0.466 e. The van der Waals surface area contributed by atoms with Crippen molar-refractivity contribution in [3.05, 3.63) is 62.8 Å². The number of aromatic nitrogens is 1. The third kappa shape index (κ3) is 3.11. The lowest BCUT2D eigenvalue weighted by Crippen LogP contribution is -2.25. The molecule has 2 N–H and O–H groups in total. The molecule has 7 heteroatoms. The number of fused-ring (bicyclic) bond motifs is 1. The van der Waals surface area contributed by atoms with Crippen LogP contribution in [0.1, 0.15) is 29.5 Å². The Hall–Kier alpha value is -3.04. The first kappa shape index (κ1) is 18.7. The van der Waals surface area contributed by atoms with Crippen molar-refractivity contribution >= 4 is 28.5 Å². The highest BCUT2D eigenvalue weighted by Crippen LogP contribution is 2.42. The number of hydrogen-bond acceptors (Lipinski definition) is 6. The average molecular weight is 384 g/mol. The number of aryl methyl sites for hydroxylation is 2. The lowest BCUT2D eigenvalue weighted by Gasteiger charge is -2.27. The van der Waals surface area contributed by atoms with Crippen LogP contribution in [0, 0.1) is 25.2 Å². The molecular weight excluding hydrogens is 366 g/mol. The number of nitrogens with two attached hydrogens (primary N) is 1. The van der Waals surface area contributed by atoms with Crippen LogP contribution in [0.4, 0.5) is 0 Å². The van der Waals surface area contributed by atoms with Gasteiger partial charge in [0.25, 0.3) is 0 Å². The molecule has 138 valence electrons. The molecule has 0 unspecified atom stereocenters. The van der Waals surface area contributed by atoms with Gasteiger partial charge in [-0.05, 0) is 44.0 Å². The van der Waals surface area contributed by atoms with E-state index >= 15 is 0 Å². The smallest absolute Gasteiger partial charge is 0.338 e. The second-order valence-electron chi connectivity index (χ2n) is 6.40. The van der Waals surface area contributed by atoms with Crippen molar-refractivity contribution in [1.29, 1.82) is 5.26 Å². The summed E-state index contributed by atoms with van der Waals surface area (Å²) in [5.41, 5.74) is 9.49. The molecule has 1 aliphatic heterocycles. The molecule has 0 spiro atoms. The van der Waals surface area contributed by atoms with Gasteiger partial charge >= 0.3 is 5.97 Å². The summed E-state index contributed by atoms with van der Waals surface area (Å²) in [6, 6.07) is 7.84. The molecule has 2 aromatic rings. The number of carbonyl (C=O) groups excluding carboxylic acids is 1. The predicted molar refractivity (Wildman–Crippen MR) is 102 cm³/mol. The molecule has 1 aromatic heterocycles.